The summed E-state index contributed by atoms with van der Waals surface area (Å²) < 4.78 is 29.6. The Morgan fingerprint density at radius 3 is 2.21 bits per heavy atom. The first-order valence-corrected chi connectivity index (χ1v) is 8.88. The first-order valence-electron chi connectivity index (χ1n) is 7.44. The van der Waals surface area contributed by atoms with E-state index in [0.29, 0.717) is 0 Å². The molecule has 3 aromatic carbocycles. The van der Waals surface area contributed by atoms with Crippen LogP contribution in [0, 0.1) is 6.92 Å². The van der Waals surface area contributed by atoms with Gasteiger partial charge in [0.2, 0.25) is 0 Å². The molecule has 24 heavy (non-hydrogen) atoms. The number of rotatable bonds is 1. The monoisotopic (exact) mass is 339 g/mol. The molecular formula is C19H17NO3S. The van der Waals surface area contributed by atoms with Gasteiger partial charge in [-0.1, -0.05) is 54.1 Å². The smallest absolute Gasteiger partial charge is 0.294 e. The van der Waals surface area contributed by atoms with Crippen LogP contribution in [-0.2, 0) is 10.1 Å². The Labute approximate surface area is 140 Å². The van der Waals surface area contributed by atoms with E-state index < -0.39 is 10.1 Å². The van der Waals surface area contributed by atoms with E-state index in [4.69, 9.17) is 4.55 Å². The van der Waals surface area contributed by atoms with Gasteiger partial charge in [0.05, 0.1) is 10.4 Å². The molecule has 4 aromatic rings. The van der Waals surface area contributed by atoms with Gasteiger partial charge in [0, 0.05) is 17.0 Å². The lowest BCUT2D eigenvalue weighted by molar-refractivity contribution is 0.483. The average molecular weight is 339 g/mol. The molecule has 0 atom stereocenters. The van der Waals surface area contributed by atoms with Crippen molar-refractivity contribution in [1.29, 1.82) is 0 Å². The first-order chi connectivity index (χ1) is 11.4. The third kappa shape index (κ3) is 3.48. The maximum absolute atomic E-state index is 10.5. The zero-order chi connectivity index (χ0) is 17.2. The van der Waals surface area contributed by atoms with Crippen LogP contribution in [-0.4, -0.2) is 18.0 Å². The lowest BCUT2D eigenvalue weighted by Crippen LogP contribution is -1.96. The van der Waals surface area contributed by atoms with Crippen molar-refractivity contribution in [2.75, 3.05) is 0 Å². The highest BCUT2D eigenvalue weighted by atomic mass is 32.2. The molecule has 1 aromatic heterocycles. The topological polar surface area (TPSA) is 70.2 Å². The van der Waals surface area contributed by atoms with Crippen LogP contribution >= 0.6 is 0 Å². The van der Waals surface area contributed by atoms with Gasteiger partial charge in [-0.25, -0.2) is 0 Å². The molecule has 122 valence electrons. The highest BCUT2D eigenvalue weighted by Crippen LogP contribution is 2.23. The van der Waals surface area contributed by atoms with Crippen molar-refractivity contribution in [3.63, 3.8) is 0 Å². The second-order valence-corrected chi connectivity index (χ2v) is 6.94. The number of hydrogen-bond donors (Lipinski definition) is 2. The maximum Gasteiger partial charge on any atom is 0.294 e. The number of benzene rings is 3. The van der Waals surface area contributed by atoms with Crippen LogP contribution in [0.5, 0.6) is 0 Å². The van der Waals surface area contributed by atoms with Crippen LogP contribution < -0.4 is 0 Å². The molecular weight excluding hydrogens is 322 g/mol. The molecule has 0 unspecified atom stereocenters. The second-order valence-electron chi connectivity index (χ2n) is 5.52. The third-order valence-electron chi connectivity index (χ3n) is 3.77. The van der Waals surface area contributed by atoms with Gasteiger partial charge in [-0.3, -0.25) is 4.55 Å². The molecule has 0 amide bonds. The van der Waals surface area contributed by atoms with Gasteiger partial charge in [-0.2, -0.15) is 8.42 Å². The lowest BCUT2D eigenvalue weighted by Gasteiger charge is -1.97. The van der Waals surface area contributed by atoms with Crippen LogP contribution in [0.1, 0.15) is 5.56 Å². The number of aryl methyl sites for hydroxylation is 1. The van der Waals surface area contributed by atoms with E-state index in [1.165, 1.54) is 33.8 Å². The van der Waals surface area contributed by atoms with Gasteiger partial charge in [-0.15, -0.1) is 0 Å². The van der Waals surface area contributed by atoms with Gasteiger partial charge < -0.3 is 4.98 Å². The summed E-state index contributed by atoms with van der Waals surface area (Å²) in [5.74, 6) is 0. The van der Waals surface area contributed by atoms with Crippen molar-refractivity contribution in [3.05, 3.63) is 78.5 Å². The number of nitrogens with one attached hydrogen (secondary N) is 1. The molecule has 0 saturated heterocycles. The molecule has 0 radical (unpaired) electrons. The molecule has 0 aliphatic rings. The molecule has 5 heteroatoms. The highest BCUT2D eigenvalue weighted by Gasteiger charge is 2.06. The fourth-order valence-corrected chi connectivity index (χ4v) is 2.99. The lowest BCUT2D eigenvalue weighted by atomic mass is 10.1. The van der Waals surface area contributed by atoms with Crippen LogP contribution in [0.3, 0.4) is 0 Å². The van der Waals surface area contributed by atoms with Gasteiger partial charge in [-0.05, 0) is 30.5 Å². The largest absolute Gasteiger partial charge is 0.361 e. The standard InChI is InChI=1S/C12H9N.C7H8O3S/c1-2-4-11-9(3-1)5-6-10-7-8-13-12(10)11;1-6-2-4-7(5-3-6)11(8,9)10/h1-8,13H;2-5H,1H3,(H,8,9,10). The van der Waals surface area contributed by atoms with Crippen molar-refractivity contribution in [2.45, 2.75) is 11.8 Å². The van der Waals surface area contributed by atoms with E-state index in [9.17, 15) is 8.42 Å². The molecule has 0 fully saturated rings. The predicted octanol–water partition coefficient (Wildman–Crippen LogP) is 4.56. The molecule has 0 aliphatic heterocycles. The van der Waals surface area contributed by atoms with Crippen LogP contribution in [0.25, 0.3) is 21.7 Å². The number of hydrogen-bond acceptors (Lipinski definition) is 2. The minimum absolute atomic E-state index is 0.0666. The van der Waals surface area contributed by atoms with E-state index in [2.05, 4.69) is 47.4 Å². The average Bonchev–Trinajstić information content (AvgIpc) is 3.04. The van der Waals surface area contributed by atoms with E-state index in [0.717, 1.165) is 5.56 Å². The Bertz CT molecular complexity index is 1080. The Morgan fingerprint density at radius 2 is 1.50 bits per heavy atom. The summed E-state index contributed by atoms with van der Waals surface area (Å²) in [6.07, 6.45) is 1.98. The van der Waals surface area contributed by atoms with Crippen molar-refractivity contribution in [3.8, 4) is 0 Å². The molecule has 0 aliphatic carbocycles. The van der Waals surface area contributed by atoms with Gasteiger partial charge in [0.25, 0.3) is 10.1 Å². The zero-order valence-corrected chi connectivity index (χ0v) is 13.9. The number of fused-ring (bicyclic) bond motifs is 3. The van der Waals surface area contributed by atoms with Gasteiger partial charge >= 0.3 is 0 Å². The van der Waals surface area contributed by atoms with Crippen molar-refractivity contribution in [1.82, 2.24) is 4.98 Å². The first kappa shape index (κ1) is 16.2. The molecule has 2 N–H and O–H groups in total. The summed E-state index contributed by atoms with van der Waals surface area (Å²) in [5.41, 5.74) is 2.19. The second kappa shape index (κ2) is 6.47. The summed E-state index contributed by atoms with van der Waals surface area (Å²) in [5, 5.41) is 3.86. The zero-order valence-electron chi connectivity index (χ0n) is 13.1. The maximum atomic E-state index is 10.5. The van der Waals surface area contributed by atoms with Crippen LogP contribution in [0.4, 0.5) is 0 Å². The molecule has 1 heterocycles. The van der Waals surface area contributed by atoms with E-state index in [-0.39, 0.29) is 4.90 Å². The Balaban J connectivity index is 0.000000144. The quantitative estimate of drug-likeness (QED) is 0.499. The molecule has 0 spiro atoms. The summed E-state index contributed by atoms with van der Waals surface area (Å²) in [6.45, 7) is 1.84. The third-order valence-corrected chi connectivity index (χ3v) is 4.64. The minimum atomic E-state index is -4.02. The fourth-order valence-electron chi connectivity index (χ4n) is 2.51. The van der Waals surface area contributed by atoms with E-state index >= 15 is 0 Å². The van der Waals surface area contributed by atoms with Crippen LogP contribution in [0.15, 0.2) is 77.8 Å². The Kier molecular flexibility index (Phi) is 4.38. The van der Waals surface area contributed by atoms with Crippen molar-refractivity contribution >= 4 is 31.8 Å². The Hall–Kier alpha value is -2.63. The van der Waals surface area contributed by atoms with Crippen LogP contribution in [0.2, 0.25) is 0 Å². The summed E-state index contributed by atoms with van der Waals surface area (Å²) in [4.78, 5) is 3.20. The van der Waals surface area contributed by atoms with E-state index in [1.807, 2.05) is 13.1 Å². The fraction of sp³-hybridized carbons (Fsp3) is 0.0526. The minimum Gasteiger partial charge on any atom is -0.361 e. The molecule has 4 nitrogen and oxygen atoms in total. The molecule has 0 saturated carbocycles. The Morgan fingerprint density at radius 1 is 0.833 bits per heavy atom. The molecule has 0 bridgehead atoms. The van der Waals surface area contributed by atoms with E-state index in [1.54, 1.807) is 12.1 Å². The predicted molar refractivity (Wildman–Crippen MR) is 96.8 cm³/mol. The van der Waals surface area contributed by atoms with Crippen molar-refractivity contribution < 1.29 is 13.0 Å². The summed E-state index contributed by atoms with van der Waals surface area (Å²) in [6, 6.07) is 20.8. The van der Waals surface area contributed by atoms with Gasteiger partial charge in [0.15, 0.2) is 0 Å². The number of H-pyrrole nitrogens is 1. The molecule has 4 rings (SSSR count). The summed E-state index contributed by atoms with van der Waals surface area (Å²) in [7, 11) is -4.02. The SMILES string of the molecule is Cc1ccc(S(=O)(=O)O)cc1.c1ccc2c(c1)ccc1cc[nH]c12. The highest BCUT2D eigenvalue weighted by molar-refractivity contribution is 7.85. The number of aromatic amines is 1. The number of aromatic nitrogens is 1. The normalized spacial score (nSPS) is 11.2. The summed E-state index contributed by atoms with van der Waals surface area (Å²) >= 11 is 0. The van der Waals surface area contributed by atoms with Crippen molar-refractivity contribution in [2.24, 2.45) is 0 Å². The van der Waals surface area contributed by atoms with Gasteiger partial charge in [0.1, 0.15) is 0 Å².